The first-order chi connectivity index (χ1) is 29.0. The van der Waals surface area contributed by atoms with Gasteiger partial charge >= 0.3 is 0 Å². The molecule has 3 heteroatoms. The largest absolute Gasteiger partial charge is 0.208 e. The molecule has 1 aromatic heterocycles. The number of benzene rings is 8. The number of hydrogen-bond acceptors (Lipinski definition) is 3. The van der Waals surface area contributed by atoms with Crippen LogP contribution in [0.2, 0.25) is 0 Å². The van der Waals surface area contributed by atoms with Crippen LogP contribution in [0.5, 0.6) is 0 Å². The number of nitrogens with zero attached hydrogens (tertiary/aromatic N) is 3. The smallest absolute Gasteiger partial charge is 0.164 e. The van der Waals surface area contributed by atoms with E-state index >= 15 is 0 Å². The van der Waals surface area contributed by atoms with Crippen LogP contribution in [0.15, 0.2) is 176 Å². The lowest BCUT2D eigenvalue weighted by atomic mass is 9.82. The van der Waals surface area contributed by atoms with E-state index in [1.165, 1.54) is 77.9 Å². The maximum Gasteiger partial charge on any atom is 0.164 e. The van der Waals surface area contributed by atoms with Crippen molar-refractivity contribution in [3.8, 4) is 89.8 Å². The Kier molecular flexibility index (Phi) is 7.40. The van der Waals surface area contributed by atoms with Crippen LogP contribution >= 0.6 is 0 Å². The molecule has 0 bridgehead atoms. The zero-order valence-electron chi connectivity index (χ0n) is 33.0. The Labute approximate surface area is 344 Å². The predicted molar refractivity (Wildman–Crippen MR) is 241 cm³/mol. The monoisotopic (exact) mass is 753 g/mol. The fourth-order valence-corrected chi connectivity index (χ4v) is 10.1. The minimum absolute atomic E-state index is 0.0846. The highest BCUT2D eigenvalue weighted by Gasteiger charge is 2.35. The molecule has 0 saturated carbocycles. The van der Waals surface area contributed by atoms with E-state index in [1.54, 1.807) is 0 Å². The van der Waals surface area contributed by atoms with Gasteiger partial charge in [0.1, 0.15) is 0 Å². The molecule has 0 aliphatic heterocycles. The Morgan fingerprint density at radius 2 is 0.729 bits per heavy atom. The van der Waals surface area contributed by atoms with Crippen LogP contribution in [-0.4, -0.2) is 15.0 Å². The molecule has 278 valence electrons. The predicted octanol–water partition coefficient (Wildman–Crippen LogP) is 13.7. The summed E-state index contributed by atoms with van der Waals surface area (Å²) in [5, 5.41) is 0. The zero-order valence-corrected chi connectivity index (χ0v) is 33.0. The summed E-state index contributed by atoms with van der Waals surface area (Å²) < 4.78 is 0. The molecule has 3 aliphatic rings. The van der Waals surface area contributed by atoms with Crippen LogP contribution in [0.25, 0.3) is 89.8 Å². The summed E-state index contributed by atoms with van der Waals surface area (Å²) in [7, 11) is 0. The average Bonchev–Trinajstić information content (AvgIpc) is 3.94. The lowest BCUT2D eigenvalue weighted by Crippen LogP contribution is -2.14. The van der Waals surface area contributed by atoms with Gasteiger partial charge in [0.05, 0.1) is 0 Å². The quantitative estimate of drug-likeness (QED) is 0.176. The van der Waals surface area contributed by atoms with Crippen molar-refractivity contribution in [3.05, 3.63) is 209 Å². The highest BCUT2D eigenvalue weighted by atomic mass is 15.0. The molecule has 3 nitrogen and oxygen atoms in total. The molecular weight excluding hydrogens is 715 g/mol. The minimum atomic E-state index is -0.0846. The molecular formula is C56H39N3. The van der Waals surface area contributed by atoms with Crippen LogP contribution < -0.4 is 0 Å². The van der Waals surface area contributed by atoms with Crippen LogP contribution in [0.4, 0.5) is 0 Å². The first kappa shape index (κ1) is 33.9. The molecule has 59 heavy (non-hydrogen) atoms. The van der Waals surface area contributed by atoms with Gasteiger partial charge in [0.25, 0.3) is 0 Å². The second-order valence-electron chi connectivity index (χ2n) is 16.7. The van der Waals surface area contributed by atoms with Gasteiger partial charge in [-0.25, -0.2) is 15.0 Å². The van der Waals surface area contributed by atoms with E-state index in [0.717, 1.165) is 40.7 Å². The lowest BCUT2D eigenvalue weighted by Gasteiger charge is -2.21. The molecule has 0 radical (unpaired) electrons. The lowest BCUT2D eigenvalue weighted by molar-refractivity contribution is 0.660. The van der Waals surface area contributed by atoms with Gasteiger partial charge in [-0.1, -0.05) is 172 Å². The van der Waals surface area contributed by atoms with Crippen molar-refractivity contribution >= 4 is 0 Å². The van der Waals surface area contributed by atoms with Crippen molar-refractivity contribution in [1.29, 1.82) is 0 Å². The van der Waals surface area contributed by atoms with Gasteiger partial charge in [-0.15, -0.1) is 0 Å². The highest BCUT2D eigenvalue weighted by Crippen LogP contribution is 2.50. The third kappa shape index (κ3) is 5.31. The van der Waals surface area contributed by atoms with Crippen LogP contribution in [0.1, 0.15) is 47.2 Å². The van der Waals surface area contributed by atoms with Crippen molar-refractivity contribution in [2.45, 2.75) is 32.1 Å². The molecule has 0 N–H and O–H groups in total. The van der Waals surface area contributed by atoms with Gasteiger partial charge in [-0.2, -0.15) is 0 Å². The van der Waals surface area contributed by atoms with Crippen molar-refractivity contribution in [3.63, 3.8) is 0 Å². The van der Waals surface area contributed by atoms with Crippen molar-refractivity contribution in [2.24, 2.45) is 0 Å². The summed E-state index contributed by atoms with van der Waals surface area (Å²) >= 11 is 0. The van der Waals surface area contributed by atoms with E-state index in [4.69, 9.17) is 15.0 Å². The van der Waals surface area contributed by atoms with E-state index in [1.807, 2.05) is 0 Å². The molecule has 0 spiro atoms. The summed E-state index contributed by atoms with van der Waals surface area (Å²) in [5.74, 6) is 1.98. The Bertz CT molecular complexity index is 3050. The second kappa shape index (κ2) is 12.9. The topological polar surface area (TPSA) is 38.7 Å². The van der Waals surface area contributed by atoms with Gasteiger partial charge in [0.15, 0.2) is 17.5 Å². The maximum absolute atomic E-state index is 5.29. The maximum atomic E-state index is 5.29. The molecule has 12 rings (SSSR count). The average molecular weight is 754 g/mol. The van der Waals surface area contributed by atoms with Crippen LogP contribution in [0.3, 0.4) is 0 Å². The standard InChI is InChI=1S/C56H39N3/c1-56(2)51-26-8-7-21-47(51)50-33-40(27-28-52(50)56)55-58-53(38-17-9-15-34(29-38)43-22-11-24-45-41-19-5-3-13-36(41)31-48(43)45)57-54(59-55)39-18-10-16-35(30-39)44-23-12-25-46-42-20-6-4-14-37(42)32-49(44)46/h3-30,33H,31-32H2,1-2H3. The van der Waals surface area contributed by atoms with Crippen LogP contribution in [-0.2, 0) is 18.3 Å². The molecule has 0 saturated heterocycles. The van der Waals surface area contributed by atoms with E-state index in [-0.39, 0.29) is 5.41 Å². The van der Waals surface area contributed by atoms with Gasteiger partial charge in [0, 0.05) is 22.1 Å². The van der Waals surface area contributed by atoms with Crippen molar-refractivity contribution in [1.82, 2.24) is 15.0 Å². The molecule has 0 unspecified atom stereocenters. The molecule has 8 aromatic carbocycles. The summed E-state index contributed by atoms with van der Waals surface area (Å²) in [6.07, 6.45) is 1.86. The van der Waals surface area contributed by atoms with E-state index in [2.05, 4.69) is 190 Å². The summed E-state index contributed by atoms with van der Waals surface area (Å²) in [5.41, 5.74) is 23.6. The molecule has 1 heterocycles. The fourth-order valence-electron chi connectivity index (χ4n) is 10.1. The second-order valence-corrected chi connectivity index (χ2v) is 16.7. The summed E-state index contributed by atoms with van der Waals surface area (Å²) in [6, 6.07) is 63.9. The molecule has 0 atom stereocenters. The Hall–Kier alpha value is -7.23. The fraction of sp³-hybridized carbons (Fsp3) is 0.0893. The highest BCUT2D eigenvalue weighted by molar-refractivity contribution is 5.88. The molecule has 9 aromatic rings. The number of aromatic nitrogens is 3. The first-order valence-electron chi connectivity index (χ1n) is 20.6. The normalized spacial score (nSPS) is 13.6. The number of rotatable bonds is 5. The Balaban J connectivity index is 1.01. The zero-order chi connectivity index (χ0) is 39.2. The summed E-state index contributed by atoms with van der Waals surface area (Å²) in [4.78, 5) is 15.9. The third-order valence-electron chi connectivity index (χ3n) is 13.0. The number of fused-ring (bicyclic) bond motifs is 9. The molecule has 0 amide bonds. The Morgan fingerprint density at radius 3 is 1.29 bits per heavy atom. The molecule has 3 aliphatic carbocycles. The van der Waals surface area contributed by atoms with Crippen molar-refractivity contribution in [2.75, 3.05) is 0 Å². The van der Waals surface area contributed by atoms with E-state index in [9.17, 15) is 0 Å². The van der Waals surface area contributed by atoms with E-state index < -0.39 is 0 Å². The third-order valence-corrected chi connectivity index (χ3v) is 13.0. The number of hydrogen-bond donors (Lipinski definition) is 0. The van der Waals surface area contributed by atoms with Crippen LogP contribution in [0, 0.1) is 0 Å². The van der Waals surface area contributed by atoms with Gasteiger partial charge in [0.2, 0.25) is 0 Å². The van der Waals surface area contributed by atoms with Gasteiger partial charge < -0.3 is 0 Å². The Morgan fingerprint density at radius 1 is 0.322 bits per heavy atom. The SMILES string of the molecule is CC1(C)c2ccccc2-c2cc(-c3nc(-c4cccc(-c5cccc6c5Cc5ccccc5-6)c4)nc(-c4cccc(-c5cccc6c5Cc5ccccc5-6)c4)n3)ccc21. The first-order valence-corrected chi connectivity index (χ1v) is 20.6. The molecule has 0 fully saturated rings. The minimum Gasteiger partial charge on any atom is -0.208 e. The van der Waals surface area contributed by atoms with E-state index in [0.29, 0.717) is 17.5 Å². The van der Waals surface area contributed by atoms with Gasteiger partial charge in [-0.05, 0) is 120 Å². The van der Waals surface area contributed by atoms with Crippen molar-refractivity contribution < 1.29 is 0 Å². The van der Waals surface area contributed by atoms with Gasteiger partial charge in [-0.3, -0.25) is 0 Å². The summed E-state index contributed by atoms with van der Waals surface area (Å²) in [6.45, 7) is 4.64.